The minimum Gasteiger partial charge on any atom is -0.490 e. The van der Waals surface area contributed by atoms with Crippen LogP contribution in [-0.2, 0) is 30.6 Å². The summed E-state index contributed by atoms with van der Waals surface area (Å²) in [5.74, 6) is 0.832. The lowest BCUT2D eigenvalue weighted by Crippen LogP contribution is -2.27. The van der Waals surface area contributed by atoms with Crippen LogP contribution < -0.4 is 19.8 Å². The molecular weight excluding hydrogens is 539 g/mol. The molecule has 11 heteroatoms. The van der Waals surface area contributed by atoms with E-state index in [1.54, 1.807) is 36.4 Å². The van der Waals surface area contributed by atoms with Crippen molar-refractivity contribution >= 4 is 40.1 Å². The van der Waals surface area contributed by atoms with Crippen LogP contribution in [0.1, 0.15) is 35.0 Å². The van der Waals surface area contributed by atoms with Crippen molar-refractivity contribution in [1.82, 2.24) is 9.29 Å². The molecule has 3 rings (SSSR count). The first-order valence-electron chi connectivity index (χ1n) is 11.7. The zero-order valence-corrected chi connectivity index (χ0v) is 22.6. The molecule has 2 aromatic carbocycles. The zero-order chi connectivity index (χ0) is 26.8. The van der Waals surface area contributed by atoms with E-state index in [1.807, 2.05) is 19.1 Å². The Labute approximate surface area is 227 Å². The van der Waals surface area contributed by atoms with Gasteiger partial charge in [0.2, 0.25) is 0 Å². The highest BCUT2D eigenvalue weighted by molar-refractivity contribution is 7.83. The minimum absolute atomic E-state index is 0.00434. The molecule has 0 radical (unpaired) electrons. The second-order valence-electron chi connectivity index (χ2n) is 7.92. The first kappa shape index (κ1) is 28.7. The van der Waals surface area contributed by atoms with Gasteiger partial charge in [0.05, 0.1) is 17.3 Å². The van der Waals surface area contributed by atoms with Gasteiger partial charge in [0.1, 0.15) is 22.6 Å². The Bertz CT molecular complexity index is 1300. The summed E-state index contributed by atoms with van der Waals surface area (Å²) in [6, 6.07) is 15.4. The Hall–Kier alpha value is -2.85. The number of amides is 1. The van der Waals surface area contributed by atoms with E-state index in [1.165, 1.54) is 10.6 Å². The quantitative estimate of drug-likeness (QED) is 0.322. The number of pyridine rings is 1. The van der Waals surface area contributed by atoms with E-state index < -0.39 is 16.9 Å². The molecule has 1 unspecified atom stereocenters. The summed E-state index contributed by atoms with van der Waals surface area (Å²) in [5.41, 5.74) is 1.31. The largest absolute Gasteiger partial charge is 0.490 e. The maximum Gasteiger partial charge on any atom is 0.269 e. The molecule has 1 atom stereocenters. The highest BCUT2D eigenvalue weighted by atomic mass is 35.5. The Morgan fingerprint density at radius 3 is 2.38 bits per heavy atom. The molecule has 1 heterocycles. The van der Waals surface area contributed by atoms with Crippen LogP contribution >= 0.6 is 23.2 Å². The second kappa shape index (κ2) is 14.2. The summed E-state index contributed by atoms with van der Waals surface area (Å²) in [6.45, 7) is 2.58. The summed E-state index contributed by atoms with van der Waals surface area (Å²) < 4.78 is 27.3. The summed E-state index contributed by atoms with van der Waals surface area (Å²) in [6.07, 6.45) is 0.800. The molecule has 2 N–H and O–H groups in total. The summed E-state index contributed by atoms with van der Waals surface area (Å²) in [5, 5.41) is 9.12. The van der Waals surface area contributed by atoms with Crippen molar-refractivity contribution in [3.63, 3.8) is 0 Å². The van der Waals surface area contributed by atoms with Gasteiger partial charge >= 0.3 is 0 Å². The molecule has 0 aliphatic carbocycles. The van der Waals surface area contributed by atoms with E-state index in [-0.39, 0.29) is 36.1 Å². The van der Waals surface area contributed by atoms with Crippen molar-refractivity contribution in [1.29, 1.82) is 0 Å². The standard InChI is InChI=1S/C26H28Cl2N2O6S/c1-2-35-23-6-3-4-7-24(23)36-17-22-20(27)16-21(28)26(33)30(22)13-12-18-8-10-19(11-9-18)25(32)29-37(34)15-5-14-31/h3-4,6-11,16,31H,2,5,12-15,17H2,1H3,(H,29,32). The SMILES string of the molecule is CCOc1ccccc1OCc1c(Cl)cc(Cl)c(=O)n1CCc1ccc(C(=O)NS(=O)CCCO)cc1. The molecule has 0 spiro atoms. The smallest absolute Gasteiger partial charge is 0.269 e. The Kier molecular flexibility index (Phi) is 11.0. The van der Waals surface area contributed by atoms with Gasteiger partial charge in [0.25, 0.3) is 11.5 Å². The number of hydrogen-bond acceptors (Lipinski definition) is 6. The minimum atomic E-state index is -1.56. The van der Waals surface area contributed by atoms with Gasteiger partial charge in [-0.25, -0.2) is 4.21 Å². The van der Waals surface area contributed by atoms with E-state index in [2.05, 4.69) is 4.72 Å². The molecule has 0 saturated heterocycles. The highest BCUT2D eigenvalue weighted by Crippen LogP contribution is 2.28. The fraction of sp³-hybridized carbons (Fsp3) is 0.308. The fourth-order valence-corrected chi connectivity index (χ4v) is 4.83. The molecule has 198 valence electrons. The molecule has 1 amide bonds. The molecule has 1 aromatic heterocycles. The summed E-state index contributed by atoms with van der Waals surface area (Å²) >= 11 is 12.6. The lowest BCUT2D eigenvalue weighted by Gasteiger charge is -2.17. The molecule has 8 nitrogen and oxygen atoms in total. The van der Waals surface area contributed by atoms with E-state index in [4.69, 9.17) is 37.8 Å². The van der Waals surface area contributed by atoms with Crippen LogP contribution in [0.3, 0.4) is 0 Å². The highest BCUT2D eigenvalue weighted by Gasteiger charge is 2.15. The molecule has 3 aromatic rings. The number of rotatable bonds is 13. The number of benzene rings is 2. The van der Waals surface area contributed by atoms with Gasteiger partial charge in [-0.2, -0.15) is 0 Å². The number of hydrogen-bond donors (Lipinski definition) is 2. The van der Waals surface area contributed by atoms with E-state index in [0.29, 0.717) is 47.2 Å². The third kappa shape index (κ3) is 8.07. The number of aryl methyl sites for hydroxylation is 1. The molecule has 37 heavy (non-hydrogen) atoms. The van der Waals surface area contributed by atoms with Crippen LogP contribution in [0.15, 0.2) is 59.4 Å². The monoisotopic (exact) mass is 566 g/mol. The summed E-state index contributed by atoms with van der Waals surface area (Å²) in [7, 11) is -1.56. The molecule has 0 saturated carbocycles. The number of ether oxygens (including phenoxy) is 2. The van der Waals surface area contributed by atoms with Gasteiger partial charge in [0.15, 0.2) is 11.5 Å². The predicted octanol–water partition coefficient (Wildman–Crippen LogP) is 4.15. The molecule has 0 aliphatic rings. The zero-order valence-electron chi connectivity index (χ0n) is 20.2. The van der Waals surface area contributed by atoms with E-state index >= 15 is 0 Å². The number of aromatic nitrogens is 1. The molecule has 0 fully saturated rings. The van der Waals surface area contributed by atoms with Crippen molar-refractivity contribution in [2.24, 2.45) is 0 Å². The maximum atomic E-state index is 12.9. The Balaban J connectivity index is 1.72. The van der Waals surface area contributed by atoms with Crippen molar-refractivity contribution in [3.8, 4) is 11.5 Å². The van der Waals surface area contributed by atoms with Gasteiger partial charge in [-0.3, -0.25) is 14.3 Å². The lowest BCUT2D eigenvalue weighted by molar-refractivity contribution is 0.0982. The van der Waals surface area contributed by atoms with Gasteiger partial charge in [-0.15, -0.1) is 0 Å². The lowest BCUT2D eigenvalue weighted by atomic mass is 10.1. The number of halogens is 2. The van der Waals surface area contributed by atoms with Gasteiger partial charge in [-0.1, -0.05) is 47.5 Å². The number of carbonyl (C=O) groups excluding carboxylic acids is 1. The van der Waals surface area contributed by atoms with E-state index in [9.17, 15) is 13.8 Å². The summed E-state index contributed by atoms with van der Waals surface area (Å²) in [4.78, 5) is 25.1. The molecular formula is C26H28Cl2N2O6S. The number of nitrogens with zero attached hydrogens (tertiary/aromatic N) is 1. The topological polar surface area (TPSA) is 107 Å². The molecule has 0 bridgehead atoms. The number of aliphatic hydroxyl groups excluding tert-OH is 1. The predicted molar refractivity (Wildman–Crippen MR) is 145 cm³/mol. The molecule has 0 aliphatic heterocycles. The van der Waals surface area contributed by atoms with Crippen molar-refractivity contribution < 1.29 is 23.6 Å². The third-order valence-corrected chi connectivity index (χ3v) is 7.02. The van der Waals surface area contributed by atoms with Gasteiger partial charge < -0.3 is 19.1 Å². The number of para-hydroxylation sites is 2. The number of aliphatic hydroxyl groups is 1. The first-order valence-corrected chi connectivity index (χ1v) is 13.7. The van der Waals surface area contributed by atoms with Crippen LogP contribution in [0, 0.1) is 0 Å². The van der Waals surface area contributed by atoms with Crippen LogP contribution in [0.4, 0.5) is 0 Å². The second-order valence-corrected chi connectivity index (χ2v) is 10.0. The number of nitrogens with one attached hydrogen (secondary N) is 1. The third-order valence-electron chi connectivity index (χ3n) is 5.35. The first-order chi connectivity index (χ1) is 17.8. The number of carbonyl (C=O) groups is 1. The van der Waals surface area contributed by atoms with Gasteiger partial charge in [0, 0.05) is 24.5 Å². The van der Waals surface area contributed by atoms with Crippen LogP contribution in [0.25, 0.3) is 0 Å². The van der Waals surface area contributed by atoms with Crippen LogP contribution in [0.2, 0.25) is 10.0 Å². The van der Waals surface area contributed by atoms with Gasteiger partial charge in [-0.05, 0) is 55.7 Å². The van der Waals surface area contributed by atoms with Crippen LogP contribution in [-0.4, -0.2) is 38.8 Å². The van der Waals surface area contributed by atoms with Crippen molar-refractivity contribution in [2.45, 2.75) is 32.9 Å². The van der Waals surface area contributed by atoms with Crippen LogP contribution in [0.5, 0.6) is 11.5 Å². The Morgan fingerprint density at radius 1 is 1.05 bits per heavy atom. The maximum absolute atomic E-state index is 12.9. The fourth-order valence-electron chi connectivity index (χ4n) is 3.48. The average molecular weight is 567 g/mol. The average Bonchev–Trinajstić information content (AvgIpc) is 2.89. The normalized spacial score (nSPS) is 11.7. The van der Waals surface area contributed by atoms with Crippen molar-refractivity contribution in [2.75, 3.05) is 19.0 Å². The Morgan fingerprint density at radius 2 is 1.73 bits per heavy atom. The van der Waals surface area contributed by atoms with Crippen molar-refractivity contribution in [3.05, 3.63) is 91.8 Å². The van der Waals surface area contributed by atoms with E-state index in [0.717, 1.165) is 5.56 Å².